The molecule has 1 saturated carbocycles. The van der Waals surface area contributed by atoms with E-state index in [1.54, 1.807) is 0 Å². The van der Waals surface area contributed by atoms with E-state index in [9.17, 15) is 0 Å². The monoisotopic (exact) mass is 221 g/mol. The van der Waals surface area contributed by atoms with Gasteiger partial charge in [-0.2, -0.15) is 0 Å². The van der Waals surface area contributed by atoms with Gasteiger partial charge in [-0.25, -0.2) is 0 Å². The molecule has 0 spiro atoms. The average molecular weight is 221 g/mol. The van der Waals surface area contributed by atoms with Crippen LogP contribution >= 0.6 is 0 Å². The molecule has 0 bridgehead atoms. The normalized spacial score (nSPS) is 19.1. The van der Waals surface area contributed by atoms with Gasteiger partial charge in [0.1, 0.15) is 11.5 Å². The van der Waals surface area contributed by atoms with Crippen LogP contribution in [0.4, 0.5) is 0 Å². The average Bonchev–Trinajstić information content (AvgIpc) is 2.96. The number of hydrogen-bond acceptors (Lipinski definition) is 2. The molecule has 1 unspecified atom stereocenters. The second kappa shape index (κ2) is 5.53. The summed E-state index contributed by atoms with van der Waals surface area (Å²) in [5, 5.41) is 3.58. The molecule has 1 atom stereocenters. The van der Waals surface area contributed by atoms with Crippen LogP contribution in [0.1, 0.15) is 57.1 Å². The second-order valence-electron chi connectivity index (χ2n) is 4.94. The SMILES string of the molecule is CCc1ccc(C(C)NCC2CCCC2)o1. The molecule has 1 aliphatic carbocycles. The summed E-state index contributed by atoms with van der Waals surface area (Å²) in [5.74, 6) is 3.06. The molecule has 1 N–H and O–H groups in total. The summed E-state index contributed by atoms with van der Waals surface area (Å²) in [6.07, 6.45) is 6.62. The zero-order valence-electron chi connectivity index (χ0n) is 10.5. The smallest absolute Gasteiger partial charge is 0.120 e. The van der Waals surface area contributed by atoms with Crippen molar-refractivity contribution in [3.8, 4) is 0 Å². The van der Waals surface area contributed by atoms with Crippen molar-refractivity contribution in [2.75, 3.05) is 6.54 Å². The fraction of sp³-hybridized carbons (Fsp3) is 0.714. The fourth-order valence-corrected chi connectivity index (χ4v) is 2.48. The minimum atomic E-state index is 0.348. The summed E-state index contributed by atoms with van der Waals surface area (Å²) in [6, 6.07) is 4.54. The Labute approximate surface area is 98.4 Å². The molecule has 1 aliphatic rings. The molecule has 2 heteroatoms. The van der Waals surface area contributed by atoms with Crippen molar-refractivity contribution in [3.05, 3.63) is 23.7 Å². The van der Waals surface area contributed by atoms with Crippen molar-refractivity contribution in [3.63, 3.8) is 0 Å². The Kier molecular flexibility index (Phi) is 4.05. The lowest BCUT2D eigenvalue weighted by Gasteiger charge is -2.15. The minimum Gasteiger partial charge on any atom is -0.464 e. The maximum atomic E-state index is 5.75. The largest absolute Gasteiger partial charge is 0.464 e. The van der Waals surface area contributed by atoms with Crippen molar-refractivity contribution in [1.82, 2.24) is 5.32 Å². The third-order valence-electron chi connectivity index (χ3n) is 3.65. The summed E-state index contributed by atoms with van der Waals surface area (Å²) in [7, 11) is 0. The van der Waals surface area contributed by atoms with Gasteiger partial charge in [-0.05, 0) is 44.4 Å². The van der Waals surface area contributed by atoms with Crippen LogP contribution in [0.25, 0.3) is 0 Å². The lowest BCUT2D eigenvalue weighted by molar-refractivity contribution is 0.383. The van der Waals surface area contributed by atoms with Gasteiger partial charge in [0.25, 0.3) is 0 Å². The third kappa shape index (κ3) is 2.88. The lowest BCUT2D eigenvalue weighted by atomic mass is 10.1. The Bertz CT molecular complexity index is 312. The number of nitrogens with one attached hydrogen (secondary N) is 1. The second-order valence-corrected chi connectivity index (χ2v) is 4.94. The van der Waals surface area contributed by atoms with E-state index in [4.69, 9.17) is 4.42 Å². The third-order valence-corrected chi connectivity index (χ3v) is 3.65. The van der Waals surface area contributed by atoms with Crippen LogP contribution in [0.3, 0.4) is 0 Å². The van der Waals surface area contributed by atoms with Crippen LogP contribution < -0.4 is 5.32 Å². The van der Waals surface area contributed by atoms with Crippen molar-refractivity contribution in [1.29, 1.82) is 0 Å². The highest BCUT2D eigenvalue weighted by atomic mass is 16.3. The molecule has 0 radical (unpaired) electrons. The van der Waals surface area contributed by atoms with E-state index in [0.29, 0.717) is 6.04 Å². The predicted octanol–water partition coefficient (Wildman–Crippen LogP) is 3.68. The van der Waals surface area contributed by atoms with Gasteiger partial charge in [0.2, 0.25) is 0 Å². The quantitative estimate of drug-likeness (QED) is 0.820. The Hall–Kier alpha value is -0.760. The Morgan fingerprint density at radius 1 is 1.38 bits per heavy atom. The topological polar surface area (TPSA) is 25.2 Å². The standard InChI is InChI=1S/C14H23NO/c1-3-13-8-9-14(16-13)11(2)15-10-12-6-4-5-7-12/h8-9,11-12,15H,3-7,10H2,1-2H3. The van der Waals surface area contributed by atoms with E-state index in [1.807, 2.05) is 0 Å². The minimum absolute atomic E-state index is 0.348. The fourth-order valence-electron chi connectivity index (χ4n) is 2.48. The summed E-state index contributed by atoms with van der Waals surface area (Å²) in [5.41, 5.74) is 0. The van der Waals surface area contributed by atoms with E-state index in [1.165, 1.54) is 25.7 Å². The van der Waals surface area contributed by atoms with Gasteiger partial charge in [-0.15, -0.1) is 0 Å². The molecule has 0 saturated heterocycles. The first kappa shape index (κ1) is 11.7. The van der Waals surface area contributed by atoms with Gasteiger partial charge >= 0.3 is 0 Å². The summed E-state index contributed by atoms with van der Waals surface area (Å²) < 4.78 is 5.75. The Morgan fingerprint density at radius 2 is 2.12 bits per heavy atom. The van der Waals surface area contributed by atoms with Gasteiger partial charge in [-0.1, -0.05) is 19.8 Å². The number of aryl methyl sites for hydroxylation is 1. The Balaban J connectivity index is 1.80. The van der Waals surface area contributed by atoms with Crippen molar-refractivity contribution in [2.24, 2.45) is 5.92 Å². The van der Waals surface area contributed by atoms with Gasteiger partial charge in [0.05, 0.1) is 6.04 Å². The van der Waals surface area contributed by atoms with E-state index in [-0.39, 0.29) is 0 Å². The van der Waals surface area contributed by atoms with Crippen LogP contribution in [0, 0.1) is 5.92 Å². The molecule has 1 aromatic heterocycles. The van der Waals surface area contributed by atoms with E-state index >= 15 is 0 Å². The maximum absolute atomic E-state index is 5.75. The van der Waals surface area contributed by atoms with Crippen LogP contribution in [0.2, 0.25) is 0 Å². The summed E-state index contributed by atoms with van der Waals surface area (Å²) in [6.45, 7) is 5.45. The summed E-state index contributed by atoms with van der Waals surface area (Å²) in [4.78, 5) is 0. The Morgan fingerprint density at radius 3 is 2.75 bits per heavy atom. The first-order valence-corrected chi connectivity index (χ1v) is 6.61. The molecular weight excluding hydrogens is 198 g/mol. The highest BCUT2D eigenvalue weighted by Gasteiger charge is 2.16. The van der Waals surface area contributed by atoms with Gasteiger partial charge < -0.3 is 9.73 Å². The number of hydrogen-bond donors (Lipinski definition) is 1. The molecule has 90 valence electrons. The van der Waals surface area contributed by atoms with Gasteiger partial charge in [0, 0.05) is 6.42 Å². The maximum Gasteiger partial charge on any atom is 0.120 e. The van der Waals surface area contributed by atoms with Crippen molar-refractivity contribution in [2.45, 2.75) is 52.0 Å². The molecule has 0 aliphatic heterocycles. The predicted molar refractivity (Wildman–Crippen MR) is 66.5 cm³/mol. The zero-order chi connectivity index (χ0) is 11.4. The van der Waals surface area contributed by atoms with Crippen LogP contribution in [-0.2, 0) is 6.42 Å². The first-order valence-electron chi connectivity index (χ1n) is 6.61. The highest BCUT2D eigenvalue weighted by Crippen LogP contribution is 2.25. The van der Waals surface area contributed by atoms with E-state index in [2.05, 4.69) is 31.3 Å². The van der Waals surface area contributed by atoms with Crippen LogP contribution in [0.15, 0.2) is 16.5 Å². The van der Waals surface area contributed by atoms with Gasteiger partial charge in [-0.3, -0.25) is 0 Å². The van der Waals surface area contributed by atoms with Gasteiger partial charge in [0.15, 0.2) is 0 Å². The van der Waals surface area contributed by atoms with E-state index in [0.717, 1.165) is 30.4 Å². The first-order chi connectivity index (χ1) is 7.79. The molecule has 2 rings (SSSR count). The molecule has 1 aromatic rings. The van der Waals surface area contributed by atoms with Crippen LogP contribution in [-0.4, -0.2) is 6.54 Å². The molecule has 0 amide bonds. The molecule has 1 heterocycles. The van der Waals surface area contributed by atoms with Crippen molar-refractivity contribution >= 4 is 0 Å². The highest BCUT2D eigenvalue weighted by molar-refractivity contribution is 5.10. The van der Waals surface area contributed by atoms with E-state index < -0.39 is 0 Å². The molecule has 0 aromatic carbocycles. The molecule has 1 fully saturated rings. The molecule has 16 heavy (non-hydrogen) atoms. The van der Waals surface area contributed by atoms with Crippen molar-refractivity contribution < 1.29 is 4.42 Å². The number of rotatable bonds is 5. The summed E-state index contributed by atoms with van der Waals surface area (Å²) >= 11 is 0. The van der Waals surface area contributed by atoms with Crippen LogP contribution in [0.5, 0.6) is 0 Å². The lowest BCUT2D eigenvalue weighted by Crippen LogP contribution is -2.24. The zero-order valence-corrected chi connectivity index (χ0v) is 10.5. The number of furan rings is 1. The molecule has 2 nitrogen and oxygen atoms in total. The molecular formula is C14H23NO.